The summed E-state index contributed by atoms with van der Waals surface area (Å²) in [6.45, 7) is 6.70. The molecular weight excluding hydrogens is 841 g/mol. The lowest BCUT2D eigenvalue weighted by Crippen LogP contribution is -2.30. The van der Waals surface area contributed by atoms with E-state index in [9.17, 15) is 14.4 Å². The number of carbonyl (C=O) groups excluding carboxylic acids is 3. The van der Waals surface area contributed by atoms with Crippen molar-refractivity contribution in [2.45, 2.75) is 354 Å². The van der Waals surface area contributed by atoms with Gasteiger partial charge in [0.15, 0.2) is 6.10 Å². The molecule has 0 aliphatic carbocycles. The third-order valence-corrected chi connectivity index (χ3v) is 14.0. The summed E-state index contributed by atoms with van der Waals surface area (Å²) >= 11 is 0. The van der Waals surface area contributed by atoms with Gasteiger partial charge in [0.05, 0.1) is 0 Å². The quantitative estimate of drug-likeness (QED) is 0.0262. The van der Waals surface area contributed by atoms with Crippen molar-refractivity contribution < 1.29 is 28.6 Å². The Morgan fingerprint density at radius 1 is 0.279 bits per heavy atom. The van der Waals surface area contributed by atoms with Crippen LogP contribution in [-0.2, 0) is 28.6 Å². The summed E-state index contributed by atoms with van der Waals surface area (Å²) in [5, 5.41) is 0. The van der Waals surface area contributed by atoms with E-state index in [1.165, 1.54) is 244 Å². The molecule has 0 spiro atoms. The van der Waals surface area contributed by atoms with Crippen LogP contribution in [0.2, 0.25) is 0 Å². The Hall–Kier alpha value is -1.85. The molecule has 0 bridgehead atoms. The monoisotopic (exact) mass is 959 g/mol. The molecule has 0 rings (SSSR count). The maximum absolute atomic E-state index is 12.9. The predicted molar refractivity (Wildman–Crippen MR) is 293 cm³/mol. The van der Waals surface area contributed by atoms with Crippen LogP contribution >= 0.6 is 0 Å². The third kappa shape index (κ3) is 55.1. The number of unbranched alkanes of at least 4 members (excludes halogenated alkanes) is 44. The van der Waals surface area contributed by atoms with Crippen LogP contribution in [0.25, 0.3) is 0 Å². The van der Waals surface area contributed by atoms with Crippen molar-refractivity contribution in [1.29, 1.82) is 0 Å². The molecule has 0 aromatic rings. The minimum Gasteiger partial charge on any atom is -0.462 e. The smallest absolute Gasteiger partial charge is 0.306 e. The second-order valence-electron chi connectivity index (χ2n) is 21.0. The van der Waals surface area contributed by atoms with Crippen LogP contribution < -0.4 is 0 Å². The standard InChI is InChI=1S/C62H118O6/c1-4-7-10-13-16-19-22-25-28-30-31-32-33-35-37-40-43-46-49-52-55-61(64)67-58-59(57-66-60(63)54-51-48-45-42-39-36-27-24-21-18-15-12-9-6-3)68-62(65)56-53-50-47-44-41-38-34-29-26-23-20-17-14-11-8-5-2/h29,34,59H,4-28,30-33,35-58H2,1-3H3/b34-29-. The first-order valence-electron chi connectivity index (χ1n) is 30.7. The molecule has 1 atom stereocenters. The molecule has 0 amide bonds. The van der Waals surface area contributed by atoms with E-state index in [4.69, 9.17) is 14.2 Å². The van der Waals surface area contributed by atoms with Crippen molar-refractivity contribution >= 4 is 17.9 Å². The van der Waals surface area contributed by atoms with Crippen LogP contribution in [0, 0.1) is 0 Å². The van der Waals surface area contributed by atoms with Gasteiger partial charge in [-0.3, -0.25) is 14.4 Å². The molecule has 0 fully saturated rings. The highest BCUT2D eigenvalue weighted by atomic mass is 16.6. The number of rotatable bonds is 57. The van der Waals surface area contributed by atoms with Crippen LogP contribution in [-0.4, -0.2) is 37.2 Å². The first-order valence-corrected chi connectivity index (χ1v) is 30.7. The Morgan fingerprint density at radius 3 is 0.735 bits per heavy atom. The van der Waals surface area contributed by atoms with Gasteiger partial charge in [0.1, 0.15) is 13.2 Å². The maximum Gasteiger partial charge on any atom is 0.306 e. The van der Waals surface area contributed by atoms with Gasteiger partial charge in [-0.25, -0.2) is 0 Å². The van der Waals surface area contributed by atoms with E-state index in [1.54, 1.807) is 0 Å². The Bertz CT molecular complexity index is 1060. The van der Waals surface area contributed by atoms with E-state index in [1.807, 2.05) is 0 Å². The summed E-state index contributed by atoms with van der Waals surface area (Å²) < 4.78 is 16.9. The van der Waals surface area contributed by atoms with Crippen molar-refractivity contribution in [2.24, 2.45) is 0 Å². The van der Waals surface area contributed by atoms with E-state index >= 15 is 0 Å². The van der Waals surface area contributed by atoms with E-state index in [0.29, 0.717) is 19.3 Å². The normalized spacial score (nSPS) is 12.0. The highest BCUT2D eigenvalue weighted by Crippen LogP contribution is 2.18. The molecule has 68 heavy (non-hydrogen) atoms. The van der Waals surface area contributed by atoms with Crippen molar-refractivity contribution in [1.82, 2.24) is 0 Å². The fourth-order valence-corrected chi connectivity index (χ4v) is 9.38. The summed E-state index contributed by atoms with van der Waals surface area (Å²) in [7, 11) is 0. The Balaban J connectivity index is 4.29. The minimum atomic E-state index is -0.769. The van der Waals surface area contributed by atoms with Crippen LogP contribution in [0.5, 0.6) is 0 Å². The lowest BCUT2D eigenvalue weighted by Gasteiger charge is -2.18. The first-order chi connectivity index (χ1) is 33.5. The van der Waals surface area contributed by atoms with Crippen molar-refractivity contribution in [3.63, 3.8) is 0 Å². The zero-order chi connectivity index (χ0) is 49.3. The number of hydrogen-bond donors (Lipinski definition) is 0. The Labute approximate surface area is 424 Å². The Kier molecular flexibility index (Phi) is 56.2. The van der Waals surface area contributed by atoms with Crippen molar-refractivity contribution in [3.05, 3.63) is 12.2 Å². The van der Waals surface area contributed by atoms with Crippen LogP contribution in [0.1, 0.15) is 348 Å². The van der Waals surface area contributed by atoms with Gasteiger partial charge in [-0.05, 0) is 44.9 Å². The fraction of sp³-hybridized carbons (Fsp3) is 0.919. The van der Waals surface area contributed by atoms with Crippen molar-refractivity contribution in [2.75, 3.05) is 13.2 Å². The maximum atomic E-state index is 12.9. The molecule has 6 nitrogen and oxygen atoms in total. The molecule has 0 N–H and O–H groups in total. The van der Waals surface area contributed by atoms with Gasteiger partial charge in [-0.15, -0.1) is 0 Å². The molecule has 0 aromatic carbocycles. The zero-order valence-corrected chi connectivity index (χ0v) is 46.2. The summed E-state index contributed by atoms with van der Waals surface area (Å²) in [5.41, 5.74) is 0. The molecule has 0 saturated carbocycles. The second kappa shape index (κ2) is 57.7. The topological polar surface area (TPSA) is 78.9 Å². The second-order valence-corrected chi connectivity index (χ2v) is 21.0. The number of ether oxygens (including phenoxy) is 3. The van der Waals surface area contributed by atoms with E-state index in [-0.39, 0.29) is 31.1 Å². The minimum absolute atomic E-state index is 0.0671. The molecule has 1 unspecified atom stereocenters. The summed E-state index contributed by atoms with van der Waals surface area (Å²) in [6, 6.07) is 0. The highest BCUT2D eigenvalue weighted by Gasteiger charge is 2.19. The highest BCUT2D eigenvalue weighted by molar-refractivity contribution is 5.71. The zero-order valence-electron chi connectivity index (χ0n) is 46.2. The van der Waals surface area contributed by atoms with Gasteiger partial charge in [0.25, 0.3) is 0 Å². The van der Waals surface area contributed by atoms with Crippen LogP contribution in [0.3, 0.4) is 0 Å². The summed E-state index contributed by atoms with van der Waals surface area (Å²) in [4.78, 5) is 38.2. The lowest BCUT2D eigenvalue weighted by atomic mass is 10.0. The molecule has 0 aromatic heterocycles. The van der Waals surface area contributed by atoms with E-state index in [0.717, 1.165) is 64.2 Å². The molecule has 402 valence electrons. The molecule has 6 heteroatoms. The predicted octanol–water partition coefficient (Wildman–Crippen LogP) is 20.5. The van der Waals surface area contributed by atoms with Gasteiger partial charge >= 0.3 is 17.9 Å². The lowest BCUT2D eigenvalue weighted by molar-refractivity contribution is -0.167. The molecule has 0 saturated heterocycles. The average molecular weight is 960 g/mol. The fourth-order valence-electron chi connectivity index (χ4n) is 9.38. The van der Waals surface area contributed by atoms with E-state index < -0.39 is 6.10 Å². The molecular formula is C62H118O6. The SMILES string of the molecule is CCCCCCCCC/C=C\CCCCCCCC(=O)OC(COC(=O)CCCCCCCCCCCCCCCC)COC(=O)CCCCCCCCCCCCCCCCCCCCCC. The third-order valence-electron chi connectivity index (χ3n) is 14.0. The number of hydrogen-bond acceptors (Lipinski definition) is 6. The van der Waals surface area contributed by atoms with Gasteiger partial charge in [-0.1, -0.05) is 296 Å². The van der Waals surface area contributed by atoms with Crippen molar-refractivity contribution in [3.8, 4) is 0 Å². The molecule has 0 heterocycles. The summed E-state index contributed by atoms with van der Waals surface area (Å²) in [5.74, 6) is -0.848. The number of carbonyl (C=O) groups is 3. The van der Waals surface area contributed by atoms with Gasteiger partial charge < -0.3 is 14.2 Å². The van der Waals surface area contributed by atoms with Crippen LogP contribution in [0.15, 0.2) is 12.2 Å². The number of esters is 3. The average Bonchev–Trinajstić information content (AvgIpc) is 3.34. The van der Waals surface area contributed by atoms with Gasteiger partial charge in [-0.2, -0.15) is 0 Å². The van der Waals surface area contributed by atoms with E-state index in [2.05, 4.69) is 32.9 Å². The molecule has 0 aliphatic heterocycles. The molecule has 0 radical (unpaired) electrons. The largest absolute Gasteiger partial charge is 0.462 e. The first kappa shape index (κ1) is 66.2. The summed E-state index contributed by atoms with van der Waals surface area (Å²) in [6.07, 6.45) is 66.4. The Morgan fingerprint density at radius 2 is 0.485 bits per heavy atom. The molecule has 0 aliphatic rings. The van der Waals surface area contributed by atoms with Gasteiger partial charge in [0, 0.05) is 19.3 Å². The van der Waals surface area contributed by atoms with Gasteiger partial charge in [0.2, 0.25) is 0 Å². The van der Waals surface area contributed by atoms with Crippen LogP contribution in [0.4, 0.5) is 0 Å². The number of allylic oxidation sites excluding steroid dienone is 2.